The first-order chi connectivity index (χ1) is 11.0. The molecule has 0 aliphatic carbocycles. The van der Waals surface area contributed by atoms with Crippen LogP contribution >= 0.6 is 23.2 Å². The third kappa shape index (κ3) is 4.46. The number of anilines is 1. The number of ether oxygens (including phenoxy) is 2. The van der Waals surface area contributed by atoms with Crippen LogP contribution in [0.15, 0.2) is 24.4 Å². The minimum Gasteiger partial charge on any atom is -0.476 e. The van der Waals surface area contributed by atoms with E-state index in [2.05, 4.69) is 15.3 Å². The molecule has 0 radical (unpaired) electrons. The van der Waals surface area contributed by atoms with Crippen molar-refractivity contribution in [3.8, 4) is 11.9 Å². The van der Waals surface area contributed by atoms with Crippen LogP contribution in [0.1, 0.15) is 24.2 Å². The molecule has 2 rings (SSSR count). The number of halogens is 2. The highest BCUT2D eigenvalue weighted by Gasteiger charge is 2.15. The first kappa shape index (κ1) is 17.3. The molecule has 8 heteroatoms. The molecule has 0 unspecified atom stereocenters. The highest BCUT2D eigenvalue weighted by atomic mass is 35.5. The number of rotatable bonds is 6. The van der Waals surface area contributed by atoms with Crippen LogP contribution in [0.5, 0.6) is 11.9 Å². The molecule has 1 aromatic heterocycles. The zero-order valence-corrected chi connectivity index (χ0v) is 14.1. The van der Waals surface area contributed by atoms with Gasteiger partial charge in [0.1, 0.15) is 5.69 Å². The van der Waals surface area contributed by atoms with Gasteiger partial charge in [-0.05, 0) is 32.0 Å². The van der Waals surface area contributed by atoms with Crippen LogP contribution in [0.4, 0.5) is 5.69 Å². The highest BCUT2D eigenvalue weighted by molar-refractivity contribution is 6.37. The van der Waals surface area contributed by atoms with E-state index < -0.39 is 5.91 Å². The maximum Gasteiger partial charge on any atom is 0.319 e. The number of carbonyl (C=O) groups excluding carboxylic acids is 1. The van der Waals surface area contributed by atoms with E-state index in [-0.39, 0.29) is 22.5 Å². The summed E-state index contributed by atoms with van der Waals surface area (Å²) in [6.45, 7) is 4.44. The second kappa shape index (κ2) is 7.99. The van der Waals surface area contributed by atoms with Crippen molar-refractivity contribution >= 4 is 34.8 Å². The predicted molar refractivity (Wildman–Crippen MR) is 88.8 cm³/mol. The molecular weight excluding hydrogens is 341 g/mol. The maximum atomic E-state index is 12.3. The molecule has 0 aliphatic heterocycles. The van der Waals surface area contributed by atoms with Crippen molar-refractivity contribution in [2.24, 2.45) is 0 Å². The van der Waals surface area contributed by atoms with Crippen molar-refractivity contribution in [3.05, 3.63) is 40.0 Å². The summed E-state index contributed by atoms with van der Waals surface area (Å²) in [4.78, 5) is 20.5. The Kier molecular flexibility index (Phi) is 6.01. The lowest BCUT2D eigenvalue weighted by Crippen LogP contribution is -2.14. The summed E-state index contributed by atoms with van der Waals surface area (Å²) < 4.78 is 10.6. The fourth-order valence-corrected chi connectivity index (χ4v) is 2.24. The number of aromatic nitrogens is 2. The molecule has 0 atom stereocenters. The molecule has 0 aliphatic rings. The summed E-state index contributed by atoms with van der Waals surface area (Å²) in [5.41, 5.74) is 0.610. The standard InChI is InChI=1S/C15H15Cl2N3O3/c1-3-22-14-12(8-18-15(20-14)23-4-2)19-13(21)10-6-5-9(16)7-11(10)17/h5-8H,3-4H2,1-2H3,(H,19,21). The normalized spacial score (nSPS) is 10.3. The van der Waals surface area contributed by atoms with Crippen molar-refractivity contribution in [2.75, 3.05) is 18.5 Å². The largest absolute Gasteiger partial charge is 0.476 e. The van der Waals surface area contributed by atoms with Crippen LogP contribution in [0.25, 0.3) is 0 Å². The second-order valence-electron chi connectivity index (χ2n) is 4.32. The lowest BCUT2D eigenvalue weighted by atomic mass is 10.2. The third-order valence-corrected chi connectivity index (χ3v) is 3.26. The average Bonchev–Trinajstić information content (AvgIpc) is 2.50. The van der Waals surface area contributed by atoms with Crippen LogP contribution in [0.2, 0.25) is 10.0 Å². The Hall–Kier alpha value is -2.05. The molecule has 122 valence electrons. The molecule has 0 fully saturated rings. The second-order valence-corrected chi connectivity index (χ2v) is 5.16. The minimum absolute atomic E-state index is 0.179. The van der Waals surface area contributed by atoms with E-state index in [4.69, 9.17) is 32.7 Å². The predicted octanol–water partition coefficient (Wildman–Crippen LogP) is 3.83. The van der Waals surface area contributed by atoms with Gasteiger partial charge in [-0.15, -0.1) is 0 Å². The molecule has 0 spiro atoms. The van der Waals surface area contributed by atoms with Gasteiger partial charge in [0, 0.05) is 5.02 Å². The number of hydrogen-bond donors (Lipinski definition) is 1. The molecule has 0 bridgehead atoms. The molecule has 1 heterocycles. The van der Waals surface area contributed by atoms with Crippen LogP contribution in [0, 0.1) is 0 Å². The van der Waals surface area contributed by atoms with Crippen molar-refractivity contribution in [3.63, 3.8) is 0 Å². The lowest BCUT2D eigenvalue weighted by Gasteiger charge is -2.12. The Bertz CT molecular complexity index is 710. The molecule has 1 amide bonds. The van der Waals surface area contributed by atoms with E-state index >= 15 is 0 Å². The summed E-state index contributed by atoms with van der Waals surface area (Å²) in [6.07, 6.45) is 1.42. The van der Waals surface area contributed by atoms with Gasteiger partial charge in [-0.25, -0.2) is 4.98 Å². The fraction of sp³-hybridized carbons (Fsp3) is 0.267. The molecule has 1 N–H and O–H groups in total. The van der Waals surface area contributed by atoms with Crippen molar-refractivity contribution in [2.45, 2.75) is 13.8 Å². The molecule has 0 saturated heterocycles. The number of amides is 1. The van der Waals surface area contributed by atoms with Gasteiger partial charge in [0.05, 0.1) is 30.0 Å². The molecule has 6 nitrogen and oxygen atoms in total. The van der Waals surface area contributed by atoms with E-state index in [1.165, 1.54) is 18.3 Å². The van der Waals surface area contributed by atoms with Gasteiger partial charge in [-0.1, -0.05) is 23.2 Å². The zero-order chi connectivity index (χ0) is 16.8. The van der Waals surface area contributed by atoms with Crippen molar-refractivity contribution in [1.29, 1.82) is 0 Å². The zero-order valence-electron chi connectivity index (χ0n) is 12.6. The van der Waals surface area contributed by atoms with Crippen LogP contribution < -0.4 is 14.8 Å². The quantitative estimate of drug-likeness (QED) is 0.852. The summed E-state index contributed by atoms with van der Waals surface area (Å²) >= 11 is 11.9. The van der Waals surface area contributed by atoms with Gasteiger partial charge in [0.2, 0.25) is 5.88 Å². The summed E-state index contributed by atoms with van der Waals surface area (Å²) in [7, 11) is 0. The average molecular weight is 356 g/mol. The Morgan fingerprint density at radius 2 is 1.96 bits per heavy atom. The van der Waals surface area contributed by atoms with Crippen LogP contribution in [0.3, 0.4) is 0 Å². The number of hydrogen-bond acceptors (Lipinski definition) is 5. The molecular formula is C15H15Cl2N3O3. The van der Waals surface area contributed by atoms with Crippen molar-refractivity contribution < 1.29 is 14.3 Å². The lowest BCUT2D eigenvalue weighted by molar-refractivity contribution is 0.102. The SMILES string of the molecule is CCOc1ncc(NC(=O)c2ccc(Cl)cc2Cl)c(OCC)n1. The van der Waals surface area contributed by atoms with Gasteiger partial charge in [0.15, 0.2) is 0 Å². The van der Waals surface area contributed by atoms with E-state index in [1.54, 1.807) is 6.07 Å². The van der Waals surface area contributed by atoms with E-state index in [0.29, 0.717) is 23.9 Å². The highest BCUT2D eigenvalue weighted by Crippen LogP contribution is 2.26. The monoisotopic (exact) mass is 355 g/mol. The number of carbonyl (C=O) groups is 1. The summed E-state index contributed by atoms with van der Waals surface area (Å²) in [5, 5.41) is 3.37. The van der Waals surface area contributed by atoms with Gasteiger partial charge >= 0.3 is 6.01 Å². The Balaban J connectivity index is 2.25. The van der Waals surface area contributed by atoms with E-state index in [1.807, 2.05) is 13.8 Å². The molecule has 2 aromatic rings. The molecule has 1 aromatic carbocycles. The molecule has 0 saturated carbocycles. The number of nitrogens with one attached hydrogen (secondary N) is 1. The first-order valence-electron chi connectivity index (χ1n) is 6.94. The number of nitrogens with zero attached hydrogens (tertiary/aromatic N) is 2. The van der Waals surface area contributed by atoms with Gasteiger partial charge in [-0.3, -0.25) is 4.79 Å². The van der Waals surface area contributed by atoms with E-state index in [0.717, 1.165) is 0 Å². The van der Waals surface area contributed by atoms with E-state index in [9.17, 15) is 4.79 Å². The van der Waals surface area contributed by atoms with Crippen molar-refractivity contribution in [1.82, 2.24) is 9.97 Å². The minimum atomic E-state index is -0.416. The Labute approximate surface area is 143 Å². The summed E-state index contributed by atoms with van der Waals surface area (Å²) in [6, 6.07) is 4.80. The maximum absolute atomic E-state index is 12.3. The topological polar surface area (TPSA) is 73.3 Å². The summed E-state index contributed by atoms with van der Waals surface area (Å²) in [5.74, 6) is -0.190. The smallest absolute Gasteiger partial charge is 0.319 e. The van der Waals surface area contributed by atoms with Crippen LogP contribution in [-0.4, -0.2) is 29.1 Å². The third-order valence-electron chi connectivity index (χ3n) is 2.71. The fourth-order valence-electron chi connectivity index (χ4n) is 1.75. The van der Waals surface area contributed by atoms with Crippen LogP contribution in [-0.2, 0) is 0 Å². The van der Waals surface area contributed by atoms with Gasteiger partial charge in [0.25, 0.3) is 5.91 Å². The van der Waals surface area contributed by atoms with Gasteiger partial charge < -0.3 is 14.8 Å². The molecule has 23 heavy (non-hydrogen) atoms. The Morgan fingerprint density at radius 1 is 1.22 bits per heavy atom. The first-order valence-corrected chi connectivity index (χ1v) is 7.69. The van der Waals surface area contributed by atoms with Gasteiger partial charge in [-0.2, -0.15) is 4.98 Å². The number of benzene rings is 1. The Morgan fingerprint density at radius 3 is 2.61 bits per heavy atom.